The van der Waals surface area contributed by atoms with Crippen molar-refractivity contribution in [1.29, 1.82) is 0 Å². The van der Waals surface area contributed by atoms with Gasteiger partial charge in [0.25, 0.3) is 0 Å². The Morgan fingerprint density at radius 3 is 2.81 bits per heavy atom. The van der Waals surface area contributed by atoms with Crippen molar-refractivity contribution < 1.29 is 4.79 Å². The lowest BCUT2D eigenvalue weighted by molar-refractivity contribution is -0.120. The van der Waals surface area contributed by atoms with Gasteiger partial charge in [-0.3, -0.25) is 8.32 Å². The van der Waals surface area contributed by atoms with Crippen molar-refractivity contribution in [3.63, 3.8) is 0 Å². The van der Waals surface area contributed by atoms with Gasteiger partial charge in [0.1, 0.15) is 0 Å². The topological polar surface area (TPSA) is 44.4 Å². The maximum Gasteiger partial charge on any atom is 0.245 e. The monoisotopic (exact) mass is 339 g/mol. The van der Waals surface area contributed by atoms with E-state index in [1.54, 1.807) is 0 Å². The molecule has 1 aliphatic heterocycles. The highest BCUT2D eigenvalue weighted by Crippen LogP contribution is 2.16. The second kappa shape index (κ2) is 6.76. The highest BCUT2D eigenvalue weighted by atomic mass is 127. The van der Waals surface area contributed by atoms with Crippen LogP contribution in [0.15, 0.2) is 0 Å². The van der Waals surface area contributed by atoms with Crippen LogP contribution in [0.5, 0.6) is 0 Å². The molecule has 16 heavy (non-hydrogen) atoms. The predicted molar refractivity (Wildman–Crippen MR) is 74.5 cm³/mol. The fourth-order valence-corrected chi connectivity index (χ4v) is 2.31. The second-order valence-electron chi connectivity index (χ2n) is 4.82. The lowest BCUT2D eigenvalue weighted by atomic mass is 10.1. The molecule has 0 spiro atoms. The van der Waals surface area contributed by atoms with Crippen LogP contribution in [-0.2, 0) is 4.79 Å². The van der Waals surface area contributed by atoms with Gasteiger partial charge in [-0.15, -0.1) is 0 Å². The summed E-state index contributed by atoms with van der Waals surface area (Å²) < 4.78 is 2.67. The van der Waals surface area contributed by atoms with E-state index >= 15 is 0 Å². The van der Waals surface area contributed by atoms with Gasteiger partial charge in [0.15, 0.2) is 0 Å². The fourth-order valence-electron chi connectivity index (χ4n) is 1.94. The van der Waals surface area contributed by atoms with Crippen LogP contribution < -0.4 is 8.85 Å². The number of nitrogens with zero attached hydrogens (tertiary/aromatic N) is 1. The molecule has 0 aliphatic carbocycles. The van der Waals surface area contributed by atoms with E-state index in [0.717, 1.165) is 25.8 Å². The molecule has 1 amide bonds. The number of carbonyl (C=O) groups excluding carboxylic acids is 1. The van der Waals surface area contributed by atoms with Crippen LogP contribution in [0.2, 0.25) is 0 Å². The summed E-state index contributed by atoms with van der Waals surface area (Å²) >= 11 is 1.90. The molecule has 2 atom stereocenters. The van der Waals surface area contributed by atoms with E-state index < -0.39 is 0 Å². The predicted octanol–water partition coefficient (Wildman–Crippen LogP) is 1.30. The zero-order valence-corrected chi connectivity index (χ0v) is 12.5. The van der Waals surface area contributed by atoms with Crippen LogP contribution in [-0.4, -0.2) is 42.5 Å². The molecule has 1 unspecified atom stereocenters. The van der Waals surface area contributed by atoms with Crippen molar-refractivity contribution >= 4 is 28.8 Å². The SMILES string of the molecule is CC(C)N(C)CCC1CC[C@@H](C(=O)NI)N1. The molecular formula is C11H22IN3O. The van der Waals surface area contributed by atoms with Gasteiger partial charge < -0.3 is 10.2 Å². The number of amides is 1. The number of rotatable bonds is 5. The maximum absolute atomic E-state index is 11.4. The lowest BCUT2D eigenvalue weighted by Crippen LogP contribution is -2.40. The van der Waals surface area contributed by atoms with E-state index in [0.29, 0.717) is 12.1 Å². The average Bonchev–Trinajstić information content (AvgIpc) is 2.73. The van der Waals surface area contributed by atoms with Crippen molar-refractivity contribution in [1.82, 2.24) is 13.7 Å². The van der Waals surface area contributed by atoms with E-state index in [2.05, 4.69) is 34.6 Å². The molecule has 0 bridgehead atoms. The zero-order valence-electron chi connectivity index (χ0n) is 10.3. The van der Waals surface area contributed by atoms with E-state index in [1.165, 1.54) is 0 Å². The molecule has 0 aromatic heterocycles. The number of halogens is 1. The van der Waals surface area contributed by atoms with Gasteiger partial charge in [-0.05, 0) is 46.7 Å². The Labute approximate surface area is 112 Å². The molecule has 1 saturated heterocycles. The standard InChI is InChI=1S/C11H22IN3O/c1-8(2)15(3)7-6-9-4-5-10(13-9)11(16)14-12/h8-10,13H,4-7H2,1-3H3,(H,14,16)/t9?,10-/m0/s1. The van der Waals surface area contributed by atoms with E-state index in [4.69, 9.17) is 0 Å². The Bertz CT molecular complexity index is 235. The highest BCUT2D eigenvalue weighted by Gasteiger charge is 2.28. The van der Waals surface area contributed by atoms with Gasteiger partial charge in [0, 0.05) is 12.1 Å². The summed E-state index contributed by atoms with van der Waals surface area (Å²) in [4.78, 5) is 13.8. The normalized spacial score (nSPS) is 25.4. The van der Waals surface area contributed by atoms with Crippen molar-refractivity contribution in [3.8, 4) is 0 Å². The van der Waals surface area contributed by atoms with Gasteiger partial charge in [-0.1, -0.05) is 0 Å². The first-order chi connectivity index (χ1) is 7.54. The van der Waals surface area contributed by atoms with Gasteiger partial charge in [-0.25, -0.2) is 0 Å². The van der Waals surface area contributed by atoms with E-state index in [9.17, 15) is 4.79 Å². The number of hydrogen-bond acceptors (Lipinski definition) is 3. The van der Waals surface area contributed by atoms with Gasteiger partial charge in [-0.2, -0.15) is 0 Å². The van der Waals surface area contributed by atoms with E-state index in [1.807, 2.05) is 22.9 Å². The number of hydrogen-bond donors (Lipinski definition) is 2. The smallest absolute Gasteiger partial charge is 0.245 e. The van der Waals surface area contributed by atoms with E-state index in [-0.39, 0.29) is 11.9 Å². The summed E-state index contributed by atoms with van der Waals surface area (Å²) in [6.45, 7) is 5.50. The maximum atomic E-state index is 11.4. The van der Waals surface area contributed by atoms with Crippen molar-refractivity contribution in [3.05, 3.63) is 0 Å². The first kappa shape index (κ1) is 14.2. The van der Waals surface area contributed by atoms with Crippen molar-refractivity contribution in [2.45, 2.75) is 51.2 Å². The summed E-state index contributed by atoms with van der Waals surface area (Å²) in [6, 6.07) is 1.11. The minimum atomic E-state index is 0.0197. The molecule has 2 N–H and O–H groups in total. The van der Waals surface area contributed by atoms with Crippen LogP contribution in [0, 0.1) is 0 Å². The van der Waals surface area contributed by atoms with Gasteiger partial charge in [0.05, 0.1) is 28.9 Å². The summed E-state index contributed by atoms with van der Waals surface area (Å²) in [5.41, 5.74) is 0. The molecule has 94 valence electrons. The molecule has 1 rings (SSSR count). The second-order valence-corrected chi connectivity index (χ2v) is 5.35. The number of carbonyl (C=O) groups is 1. The molecule has 0 aromatic carbocycles. The summed E-state index contributed by atoms with van der Waals surface area (Å²) in [6.07, 6.45) is 3.20. The minimum absolute atomic E-state index is 0.0197. The van der Waals surface area contributed by atoms with Crippen LogP contribution in [0.1, 0.15) is 33.1 Å². The Kier molecular flexibility index (Phi) is 5.99. The average molecular weight is 339 g/mol. The van der Waals surface area contributed by atoms with Crippen LogP contribution in [0.25, 0.3) is 0 Å². The lowest BCUT2D eigenvalue weighted by Gasteiger charge is -2.23. The zero-order chi connectivity index (χ0) is 12.1. The Morgan fingerprint density at radius 2 is 2.25 bits per heavy atom. The Hall–Kier alpha value is 0.120. The van der Waals surface area contributed by atoms with Gasteiger partial charge >= 0.3 is 0 Å². The van der Waals surface area contributed by atoms with Gasteiger partial charge in [0.2, 0.25) is 5.91 Å². The third-order valence-electron chi connectivity index (χ3n) is 3.36. The molecule has 4 nitrogen and oxygen atoms in total. The summed E-state index contributed by atoms with van der Waals surface area (Å²) in [7, 11) is 2.15. The summed E-state index contributed by atoms with van der Waals surface area (Å²) in [5, 5.41) is 3.39. The molecule has 0 aromatic rings. The quantitative estimate of drug-likeness (QED) is 0.586. The van der Waals surface area contributed by atoms with Crippen molar-refractivity contribution in [2.75, 3.05) is 13.6 Å². The first-order valence-corrected chi connectivity index (χ1v) is 6.99. The molecule has 1 fully saturated rings. The molecule has 1 heterocycles. The molecule has 0 radical (unpaired) electrons. The largest absolute Gasteiger partial charge is 0.304 e. The van der Waals surface area contributed by atoms with Crippen molar-refractivity contribution in [2.24, 2.45) is 0 Å². The van der Waals surface area contributed by atoms with Crippen LogP contribution >= 0.6 is 22.9 Å². The fraction of sp³-hybridized carbons (Fsp3) is 0.909. The molecule has 0 saturated carbocycles. The third-order valence-corrected chi connectivity index (χ3v) is 3.89. The number of nitrogens with one attached hydrogen (secondary N) is 2. The Morgan fingerprint density at radius 1 is 1.56 bits per heavy atom. The summed E-state index contributed by atoms with van der Waals surface area (Å²) in [5.74, 6) is 0.111. The molecular weight excluding hydrogens is 317 g/mol. The molecule has 5 heteroatoms. The Balaban J connectivity index is 2.24. The molecule has 1 aliphatic rings. The van der Waals surface area contributed by atoms with Crippen LogP contribution in [0.3, 0.4) is 0 Å². The highest BCUT2D eigenvalue weighted by molar-refractivity contribution is 14.1. The first-order valence-electron chi connectivity index (χ1n) is 5.91. The minimum Gasteiger partial charge on any atom is -0.304 e. The third kappa shape index (κ3) is 4.18. The van der Waals surface area contributed by atoms with Crippen LogP contribution in [0.4, 0.5) is 0 Å².